The van der Waals surface area contributed by atoms with Gasteiger partial charge in [-0.2, -0.15) is 0 Å². The molecule has 0 aromatic heterocycles. The van der Waals surface area contributed by atoms with Crippen LogP contribution in [0.1, 0.15) is 64.1 Å². The van der Waals surface area contributed by atoms with Crippen LogP contribution in [0.2, 0.25) is 0 Å². The Morgan fingerprint density at radius 1 is 0.690 bits per heavy atom. The molecule has 2 saturated heterocycles. The van der Waals surface area contributed by atoms with Crippen molar-refractivity contribution in [3.05, 3.63) is 192 Å². The second-order valence-electron chi connectivity index (χ2n) is 14.1. The minimum absolute atomic E-state index is 0.0268. The number of fused-ring (bicyclic) bond motifs is 1. The lowest BCUT2D eigenvalue weighted by Gasteiger charge is -2.52. The van der Waals surface area contributed by atoms with Crippen LogP contribution in [-0.2, 0) is 28.7 Å². The molecule has 0 saturated carbocycles. The fourth-order valence-corrected chi connectivity index (χ4v) is 8.46. The van der Waals surface area contributed by atoms with Gasteiger partial charge in [0.25, 0.3) is 5.91 Å². The third-order valence-corrected chi connectivity index (χ3v) is 11.5. The van der Waals surface area contributed by atoms with Crippen LogP contribution in [0.15, 0.2) is 164 Å². The van der Waals surface area contributed by atoms with Gasteiger partial charge in [0, 0.05) is 17.7 Å². The summed E-state index contributed by atoms with van der Waals surface area (Å²) in [5.41, 5.74) is 4.02. The Morgan fingerprint density at radius 3 is 1.66 bits per heavy atom. The van der Waals surface area contributed by atoms with Crippen molar-refractivity contribution in [2.75, 3.05) is 5.75 Å². The minimum Gasteiger partial charge on any atom is -0.451 e. The highest BCUT2D eigenvalue weighted by Crippen LogP contribution is 2.41. The number of thioether (sulfide) groups is 1. The first-order chi connectivity index (χ1) is 28.3. The van der Waals surface area contributed by atoms with E-state index in [0.717, 1.165) is 22.3 Å². The van der Waals surface area contributed by atoms with Gasteiger partial charge in [-0.05, 0) is 52.8 Å². The van der Waals surface area contributed by atoms with Gasteiger partial charge in [0.1, 0.15) is 17.5 Å². The quantitative estimate of drug-likeness (QED) is 0.0663. The predicted octanol–water partition coefficient (Wildman–Crippen LogP) is 6.95. The second kappa shape index (κ2) is 18.7. The van der Waals surface area contributed by atoms with E-state index in [1.807, 2.05) is 121 Å². The summed E-state index contributed by atoms with van der Waals surface area (Å²) in [5.74, 6) is -2.10. The van der Waals surface area contributed by atoms with Gasteiger partial charge in [-0.15, -0.1) is 11.8 Å². The van der Waals surface area contributed by atoms with Gasteiger partial charge in [-0.3, -0.25) is 14.4 Å². The normalized spacial score (nSPS) is 17.8. The maximum atomic E-state index is 13.9. The molecule has 1 unspecified atom stereocenters. The van der Waals surface area contributed by atoms with Crippen molar-refractivity contribution in [2.45, 2.75) is 55.0 Å². The molecule has 0 bridgehead atoms. The summed E-state index contributed by atoms with van der Waals surface area (Å²) in [5, 5.41) is 5.16. The third kappa shape index (κ3) is 9.22. The van der Waals surface area contributed by atoms with E-state index in [2.05, 4.69) is 17.2 Å². The molecule has 4 atom stereocenters. The molecule has 10 nitrogen and oxygen atoms in total. The fourth-order valence-electron chi connectivity index (χ4n) is 7.16. The number of amides is 3. The van der Waals surface area contributed by atoms with Crippen molar-refractivity contribution in [3.8, 4) is 0 Å². The molecule has 3 amide bonds. The molecular weight excluding hydrogens is 751 g/mol. The zero-order valence-corrected chi connectivity index (χ0v) is 32.5. The molecule has 2 fully saturated rings. The molecule has 58 heavy (non-hydrogen) atoms. The maximum Gasteiger partial charge on any atom is 0.334 e. The maximum absolute atomic E-state index is 13.9. The highest BCUT2D eigenvalue weighted by atomic mass is 32.2. The van der Waals surface area contributed by atoms with Crippen LogP contribution >= 0.6 is 11.8 Å². The van der Waals surface area contributed by atoms with E-state index in [-0.39, 0.29) is 19.3 Å². The lowest BCUT2D eigenvalue weighted by Crippen LogP contribution is -2.74. The molecule has 2 aliphatic rings. The van der Waals surface area contributed by atoms with Crippen molar-refractivity contribution in [1.29, 1.82) is 0 Å². The van der Waals surface area contributed by atoms with Gasteiger partial charge in [0.05, 0.1) is 0 Å². The summed E-state index contributed by atoms with van der Waals surface area (Å²) in [4.78, 5) is 69.4. The van der Waals surface area contributed by atoms with Gasteiger partial charge in [0.15, 0.2) is 18.2 Å². The molecule has 0 spiro atoms. The molecule has 5 aromatic carbocycles. The summed E-state index contributed by atoms with van der Waals surface area (Å²) in [6.07, 6.45) is -1.14. The van der Waals surface area contributed by atoms with Crippen LogP contribution in [0, 0.1) is 0 Å². The van der Waals surface area contributed by atoms with E-state index in [9.17, 15) is 24.0 Å². The Morgan fingerprint density at radius 2 is 1.16 bits per heavy atom. The zero-order valence-electron chi connectivity index (χ0n) is 31.6. The number of hydrogen-bond donors (Lipinski definition) is 2. The lowest BCUT2D eigenvalue weighted by molar-refractivity contribution is -0.165. The molecular formula is C47H43N3O7S. The number of nitrogens with zero attached hydrogens (tertiary/aromatic N) is 1. The first-order valence-corrected chi connectivity index (χ1v) is 20.2. The minimum atomic E-state index is -1.07. The van der Waals surface area contributed by atoms with Crippen molar-refractivity contribution < 1.29 is 33.4 Å². The molecule has 2 N–H and O–H groups in total. The summed E-state index contributed by atoms with van der Waals surface area (Å²) < 4.78 is 12.2. The van der Waals surface area contributed by atoms with Gasteiger partial charge in [-0.25, -0.2) is 9.59 Å². The Hall–Kier alpha value is -6.46. The molecule has 5 aromatic rings. The first kappa shape index (κ1) is 39.8. The standard InChI is InChI=1S/C47H43N3O7S/c1-31-30-58-45-39(44(53)50(45)40(31)47(55)57-42(34-22-11-4-12-23-34)35-24-13-5-14-25-35)49-38(51)29-17-28-37(48-43(52)36-26-15-6-16-27-36)46(54)56-41(32-18-7-2-8-19-32)33-20-9-3-10-21-33/h2-16,18-27,37,39-42,45H,1,17,28-30H2,(H,48,52)(H,49,51)/t37?,39-,40-,45-/m1/s1. The van der Waals surface area contributed by atoms with E-state index in [1.165, 1.54) is 16.7 Å². The highest BCUT2D eigenvalue weighted by Gasteiger charge is 2.56. The van der Waals surface area contributed by atoms with E-state index < -0.39 is 65.4 Å². The molecule has 11 heteroatoms. The van der Waals surface area contributed by atoms with E-state index in [1.54, 1.807) is 30.3 Å². The number of esters is 2. The highest BCUT2D eigenvalue weighted by molar-refractivity contribution is 8.00. The average molecular weight is 794 g/mol. The van der Waals surface area contributed by atoms with Crippen LogP contribution in [0.4, 0.5) is 0 Å². The van der Waals surface area contributed by atoms with E-state index in [0.29, 0.717) is 16.9 Å². The summed E-state index contributed by atoms with van der Waals surface area (Å²) >= 11 is 1.42. The molecule has 0 aliphatic carbocycles. The van der Waals surface area contributed by atoms with Crippen molar-refractivity contribution in [2.24, 2.45) is 0 Å². The van der Waals surface area contributed by atoms with Gasteiger partial charge >= 0.3 is 11.9 Å². The van der Waals surface area contributed by atoms with E-state index >= 15 is 0 Å². The third-order valence-electron chi connectivity index (χ3n) is 10.1. The summed E-state index contributed by atoms with van der Waals surface area (Å²) in [6, 6.07) is 43.1. The number of nitrogens with one attached hydrogen (secondary N) is 2. The Bertz CT molecular complexity index is 2150. The molecule has 2 heterocycles. The van der Waals surface area contributed by atoms with Crippen LogP contribution < -0.4 is 10.6 Å². The first-order valence-electron chi connectivity index (χ1n) is 19.2. The van der Waals surface area contributed by atoms with Gasteiger partial charge in [0.2, 0.25) is 11.8 Å². The number of benzene rings is 5. The summed E-state index contributed by atoms with van der Waals surface area (Å²) in [6.45, 7) is 4.10. The zero-order chi connectivity index (χ0) is 40.4. The van der Waals surface area contributed by atoms with Crippen LogP contribution in [0.25, 0.3) is 0 Å². The van der Waals surface area contributed by atoms with Crippen molar-refractivity contribution in [1.82, 2.24) is 15.5 Å². The van der Waals surface area contributed by atoms with Crippen LogP contribution in [0.3, 0.4) is 0 Å². The fraction of sp³-hybridized carbons (Fsp3) is 0.213. The smallest absolute Gasteiger partial charge is 0.334 e. The van der Waals surface area contributed by atoms with Crippen molar-refractivity contribution in [3.63, 3.8) is 0 Å². The molecule has 294 valence electrons. The van der Waals surface area contributed by atoms with Crippen LogP contribution in [0.5, 0.6) is 0 Å². The summed E-state index contributed by atoms with van der Waals surface area (Å²) in [7, 11) is 0. The molecule has 0 radical (unpaired) electrons. The SMILES string of the molecule is C=C1CS[C@@H]2[C@H](NC(=O)CCCC(NC(=O)c3ccccc3)C(=O)OC(c3ccccc3)c3ccccc3)C(=O)N2[C@H]1C(=O)OC(c1ccccc1)c1ccccc1. The van der Waals surface area contributed by atoms with E-state index in [4.69, 9.17) is 9.47 Å². The molecule has 7 rings (SSSR count). The monoisotopic (exact) mass is 793 g/mol. The number of hydrogen-bond acceptors (Lipinski definition) is 8. The van der Waals surface area contributed by atoms with Gasteiger partial charge < -0.3 is 25.0 Å². The lowest BCUT2D eigenvalue weighted by atomic mass is 9.97. The predicted molar refractivity (Wildman–Crippen MR) is 221 cm³/mol. The molecule has 2 aliphatic heterocycles. The Kier molecular flexibility index (Phi) is 12.8. The topological polar surface area (TPSA) is 131 Å². The number of carbonyl (C=O) groups excluding carboxylic acids is 5. The van der Waals surface area contributed by atoms with Crippen molar-refractivity contribution >= 4 is 41.4 Å². The van der Waals surface area contributed by atoms with Gasteiger partial charge in [-0.1, -0.05) is 146 Å². The van der Waals surface area contributed by atoms with Crippen LogP contribution in [-0.4, -0.2) is 63.8 Å². The second-order valence-corrected chi connectivity index (χ2v) is 15.2. The Balaban J connectivity index is 0.991. The average Bonchev–Trinajstić information content (AvgIpc) is 3.27. The Labute approximate surface area is 341 Å². The largest absolute Gasteiger partial charge is 0.451 e. The number of rotatable bonds is 15. The number of carbonyl (C=O) groups is 5. The number of ether oxygens (including phenoxy) is 2. The number of β-lactam (4-membered cyclic amide) rings is 1.